The molecule has 0 aliphatic carbocycles. The molecule has 0 radical (unpaired) electrons. The first-order chi connectivity index (χ1) is 13.1. The van der Waals surface area contributed by atoms with Crippen molar-refractivity contribution in [1.82, 2.24) is 4.98 Å². The lowest BCUT2D eigenvalue weighted by molar-refractivity contribution is 0.102. The van der Waals surface area contributed by atoms with Crippen LogP contribution in [0.2, 0.25) is 0 Å². The van der Waals surface area contributed by atoms with E-state index in [0.29, 0.717) is 16.1 Å². The molecule has 0 bridgehead atoms. The zero-order valence-corrected chi connectivity index (χ0v) is 14.5. The van der Waals surface area contributed by atoms with Crippen LogP contribution in [0.25, 0.3) is 11.0 Å². The lowest BCUT2D eigenvalue weighted by Crippen LogP contribution is -2.21. The minimum atomic E-state index is -0.546. The number of hydrogen-bond donors (Lipinski definition) is 2. The second-order valence-corrected chi connectivity index (χ2v) is 6.44. The van der Waals surface area contributed by atoms with Crippen LogP contribution in [-0.2, 0) is 0 Å². The van der Waals surface area contributed by atoms with Crippen molar-refractivity contribution < 1.29 is 18.7 Å². The van der Waals surface area contributed by atoms with E-state index in [9.17, 15) is 14.3 Å². The Morgan fingerprint density at radius 2 is 2.07 bits per heavy atom. The van der Waals surface area contributed by atoms with Crippen molar-refractivity contribution >= 4 is 39.0 Å². The van der Waals surface area contributed by atoms with Gasteiger partial charge < -0.3 is 9.52 Å². The third-order valence-electron chi connectivity index (χ3n) is 3.71. The van der Waals surface area contributed by atoms with Gasteiger partial charge >= 0.3 is 0 Å². The number of phenols is 1. The number of thiazole rings is 1. The number of para-hydroxylation sites is 1. The molecule has 0 aliphatic heterocycles. The van der Waals surface area contributed by atoms with Crippen LogP contribution in [0.1, 0.15) is 10.4 Å². The maximum atomic E-state index is 14.0. The van der Waals surface area contributed by atoms with Crippen LogP contribution in [0.3, 0.4) is 0 Å². The Kier molecular flexibility index (Phi) is 4.39. The number of hydrogen-bond acceptors (Lipinski definition) is 6. The van der Waals surface area contributed by atoms with Crippen LogP contribution in [0.4, 0.5) is 15.2 Å². The van der Waals surface area contributed by atoms with Gasteiger partial charge in [-0.1, -0.05) is 12.1 Å². The summed E-state index contributed by atoms with van der Waals surface area (Å²) in [6.07, 6.45) is 1.57. The first-order valence-electron chi connectivity index (χ1n) is 7.87. The zero-order valence-electron chi connectivity index (χ0n) is 13.7. The number of amides is 1. The standard InChI is InChI=1S/C19H12FN3O3S/c20-14-3-1-2-4-15(14)22-18-13(17(25)23-19-21-7-8-27-19)9-11-5-6-12(24)10-16(11)26-18/h1-10,24H,(H,21,23,25). The van der Waals surface area contributed by atoms with E-state index in [1.165, 1.54) is 35.6 Å². The summed E-state index contributed by atoms with van der Waals surface area (Å²) in [7, 11) is 0. The average molecular weight is 381 g/mol. The molecule has 2 aromatic carbocycles. The third-order valence-corrected chi connectivity index (χ3v) is 4.39. The number of phenolic OH excluding ortho intramolecular Hbond substituents is 1. The number of fused-ring (bicyclic) bond motifs is 1. The highest BCUT2D eigenvalue weighted by atomic mass is 32.1. The second-order valence-electron chi connectivity index (χ2n) is 5.54. The number of rotatable bonds is 3. The average Bonchev–Trinajstić information content (AvgIpc) is 3.16. The molecule has 8 heteroatoms. The van der Waals surface area contributed by atoms with Crippen molar-refractivity contribution in [1.29, 1.82) is 0 Å². The number of benzene rings is 2. The van der Waals surface area contributed by atoms with Gasteiger partial charge in [0.15, 0.2) is 5.13 Å². The number of nitrogens with zero attached hydrogens (tertiary/aromatic N) is 2. The lowest BCUT2D eigenvalue weighted by atomic mass is 10.1. The summed E-state index contributed by atoms with van der Waals surface area (Å²) in [5, 5.41) is 15.1. The minimum absolute atomic E-state index is 0.00285. The quantitative estimate of drug-likeness (QED) is 0.556. The van der Waals surface area contributed by atoms with Crippen LogP contribution in [-0.4, -0.2) is 16.0 Å². The third kappa shape index (κ3) is 3.56. The molecule has 2 N–H and O–H groups in total. The predicted octanol–water partition coefficient (Wildman–Crippen LogP) is 4.22. The van der Waals surface area contributed by atoms with Crippen molar-refractivity contribution in [3.8, 4) is 5.75 Å². The van der Waals surface area contributed by atoms with Crippen molar-refractivity contribution in [3.63, 3.8) is 0 Å². The van der Waals surface area contributed by atoms with E-state index in [-0.39, 0.29) is 22.6 Å². The molecule has 0 unspecified atom stereocenters. The van der Waals surface area contributed by atoms with E-state index in [4.69, 9.17) is 4.42 Å². The molecule has 0 atom stereocenters. The van der Waals surface area contributed by atoms with Crippen LogP contribution >= 0.6 is 11.3 Å². The van der Waals surface area contributed by atoms with Crippen molar-refractivity contribution in [2.24, 2.45) is 4.99 Å². The minimum Gasteiger partial charge on any atom is -0.508 e. The first kappa shape index (κ1) is 16.9. The van der Waals surface area contributed by atoms with Gasteiger partial charge in [-0.05, 0) is 30.3 Å². The van der Waals surface area contributed by atoms with Crippen LogP contribution in [0, 0.1) is 5.82 Å². The smallest absolute Gasteiger partial charge is 0.262 e. The fourth-order valence-corrected chi connectivity index (χ4v) is 2.98. The summed E-state index contributed by atoms with van der Waals surface area (Å²) in [5.41, 5.74) is 0.388. The van der Waals surface area contributed by atoms with Gasteiger partial charge in [-0.3, -0.25) is 10.1 Å². The van der Waals surface area contributed by atoms with E-state index in [1.807, 2.05) is 0 Å². The molecule has 4 rings (SSSR count). The predicted molar refractivity (Wildman–Crippen MR) is 99.6 cm³/mol. The monoisotopic (exact) mass is 381 g/mol. The summed E-state index contributed by atoms with van der Waals surface area (Å²) in [6, 6.07) is 12.0. The molecule has 1 amide bonds. The van der Waals surface area contributed by atoms with Gasteiger partial charge in [0.1, 0.15) is 28.4 Å². The van der Waals surface area contributed by atoms with Crippen LogP contribution in [0.15, 0.2) is 69.5 Å². The Bertz CT molecular complexity index is 1200. The van der Waals surface area contributed by atoms with E-state index in [0.717, 1.165) is 0 Å². The normalized spacial score (nSPS) is 11.7. The molecule has 0 fully saturated rings. The molecule has 0 aliphatic rings. The van der Waals surface area contributed by atoms with Gasteiger partial charge in [0.25, 0.3) is 5.91 Å². The SMILES string of the molecule is O=C(Nc1nccs1)c1cc2ccc(O)cc2oc1=Nc1ccccc1F. The molecule has 2 heterocycles. The van der Waals surface area contributed by atoms with E-state index in [2.05, 4.69) is 15.3 Å². The number of aromatic hydroxyl groups is 1. The number of nitrogens with one attached hydrogen (secondary N) is 1. The Morgan fingerprint density at radius 1 is 1.22 bits per heavy atom. The number of carbonyl (C=O) groups is 1. The van der Waals surface area contributed by atoms with E-state index >= 15 is 0 Å². The van der Waals surface area contributed by atoms with Gasteiger partial charge in [-0.15, -0.1) is 11.3 Å². The van der Waals surface area contributed by atoms with Gasteiger partial charge in [0, 0.05) is 23.0 Å². The highest BCUT2D eigenvalue weighted by Gasteiger charge is 2.15. The molecule has 0 saturated carbocycles. The van der Waals surface area contributed by atoms with Gasteiger partial charge in [-0.2, -0.15) is 0 Å². The van der Waals surface area contributed by atoms with Gasteiger partial charge in [0.2, 0.25) is 5.55 Å². The molecule has 4 aromatic rings. The molecular formula is C19H12FN3O3S. The van der Waals surface area contributed by atoms with Crippen molar-refractivity contribution in [2.45, 2.75) is 0 Å². The van der Waals surface area contributed by atoms with Gasteiger partial charge in [-0.25, -0.2) is 14.4 Å². The molecule has 0 spiro atoms. The summed E-state index contributed by atoms with van der Waals surface area (Å²) in [6.45, 7) is 0. The van der Waals surface area contributed by atoms with E-state index in [1.54, 1.807) is 35.8 Å². The molecule has 27 heavy (non-hydrogen) atoms. The zero-order chi connectivity index (χ0) is 18.8. The summed E-state index contributed by atoms with van der Waals surface area (Å²) in [4.78, 5) is 20.9. The Labute approximate surface area is 156 Å². The molecule has 6 nitrogen and oxygen atoms in total. The molecular weight excluding hydrogens is 369 g/mol. The maximum absolute atomic E-state index is 14.0. The number of anilines is 1. The summed E-state index contributed by atoms with van der Waals surface area (Å²) in [5.74, 6) is -1.03. The fourth-order valence-electron chi connectivity index (χ4n) is 2.45. The van der Waals surface area contributed by atoms with Crippen molar-refractivity contribution in [3.05, 3.63) is 77.0 Å². The topological polar surface area (TPSA) is 87.7 Å². The fraction of sp³-hybridized carbons (Fsp3) is 0. The first-order valence-corrected chi connectivity index (χ1v) is 8.75. The number of carbonyl (C=O) groups excluding carboxylic acids is 1. The maximum Gasteiger partial charge on any atom is 0.262 e. The summed E-state index contributed by atoms with van der Waals surface area (Å²) < 4.78 is 19.7. The number of aromatic nitrogens is 1. The highest BCUT2D eigenvalue weighted by Crippen LogP contribution is 2.21. The largest absolute Gasteiger partial charge is 0.508 e. The Balaban J connectivity index is 1.91. The lowest BCUT2D eigenvalue weighted by Gasteiger charge is -2.05. The van der Waals surface area contributed by atoms with Crippen LogP contribution < -0.4 is 10.9 Å². The molecule has 134 valence electrons. The second kappa shape index (κ2) is 7.00. The van der Waals surface area contributed by atoms with Crippen LogP contribution in [0.5, 0.6) is 5.75 Å². The van der Waals surface area contributed by atoms with Gasteiger partial charge in [0.05, 0.1) is 0 Å². The summed E-state index contributed by atoms with van der Waals surface area (Å²) >= 11 is 1.27. The van der Waals surface area contributed by atoms with Crippen molar-refractivity contribution in [2.75, 3.05) is 5.32 Å². The highest BCUT2D eigenvalue weighted by molar-refractivity contribution is 7.13. The van der Waals surface area contributed by atoms with E-state index < -0.39 is 11.7 Å². The molecule has 0 saturated heterocycles. The Morgan fingerprint density at radius 3 is 2.85 bits per heavy atom. The number of halogens is 1. The Hall–Kier alpha value is -3.52. The molecule has 2 aromatic heterocycles.